The van der Waals surface area contributed by atoms with Crippen molar-refractivity contribution in [3.63, 3.8) is 0 Å². The average Bonchev–Trinajstić information content (AvgIpc) is 2.44. The highest BCUT2D eigenvalue weighted by Gasteiger charge is 2.21. The minimum absolute atomic E-state index is 0.192. The number of hydrazine groups is 1. The van der Waals surface area contributed by atoms with Gasteiger partial charge in [-0.25, -0.2) is 5.84 Å². The number of fused-ring (bicyclic) bond motifs is 1. The molecule has 0 saturated carbocycles. The molecule has 1 aromatic heterocycles. The molecule has 0 spiro atoms. The Morgan fingerprint density at radius 1 is 1.67 bits per heavy atom. The smallest absolute Gasteiger partial charge is 0.287 e. The number of nitrogens with two attached hydrogens (primary N) is 1. The van der Waals surface area contributed by atoms with E-state index in [1.165, 1.54) is 0 Å². The van der Waals surface area contributed by atoms with Crippen LogP contribution < -0.4 is 16.6 Å². The number of nitrogen functional groups attached to an aromatic ring is 1. The van der Waals surface area contributed by atoms with Crippen LogP contribution in [0, 0.1) is 0 Å². The third-order valence-electron chi connectivity index (χ3n) is 2.36. The van der Waals surface area contributed by atoms with Crippen molar-refractivity contribution in [2.45, 2.75) is 19.5 Å². The Morgan fingerprint density at radius 3 is 3.20 bits per heavy atom. The van der Waals surface area contributed by atoms with Gasteiger partial charge >= 0.3 is 0 Å². The summed E-state index contributed by atoms with van der Waals surface area (Å²) in [5.41, 5.74) is 3.06. The number of hydrogen-bond donors (Lipinski definition) is 3. The van der Waals surface area contributed by atoms with E-state index in [0.717, 1.165) is 25.2 Å². The molecule has 1 aliphatic heterocycles. The van der Waals surface area contributed by atoms with Crippen molar-refractivity contribution in [1.82, 2.24) is 20.5 Å². The fourth-order valence-corrected chi connectivity index (χ4v) is 1.89. The van der Waals surface area contributed by atoms with Gasteiger partial charge in [0.2, 0.25) is 0 Å². The van der Waals surface area contributed by atoms with E-state index in [2.05, 4.69) is 10.4 Å². The fraction of sp³-hybridized carbons (Fsp3) is 0.500. The number of halogens is 1. The molecule has 7 heteroatoms. The van der Waals surface area contributed by atoms with E-state index in [1.807, 2.05) is 5.43 Å². The molecule has 0 atom stereocenters. The van der Waals surface area contributed by atoms with Crippen LogP contribution in [0.25, 0.3) is 0 Å². The first-order valence-corrected chi connectivity index (χ1v) is 5.08. The van der Waals surface area contributed by atoms with E-state index < -0.39 is 5.91 Å². The van der Waals surface area contributed by atoms with E-state index in [0.29, 0.717) is 11.6 Å². The lowest BCUT2D eigenvalue weighted by Gasteiger charge is -1.99. The zero-order valence-electron chi connectivity index (χ0n) is 8.09. The monoisotopic (exact) mass is 229 g/mol. The van der Waals surface area contributed by atoms with E-state index >= 15 is 0 Å². The molecule has 82 valence electrons. The van der Waals surface area contributed by atoms with E-state index in [1.54, 1.807) is 4.68 Å². The van der Waals surface area contributed by atoms with Crippen molar-refractivity contribution in [2.75, 3.05) is 6.54 Å². The second kappa shape index (κ2) is 4.18. The molecule has 0 saturated heterocycles. The van der Waals surface area contributed by atoms with Gasteiger partial charge in [-0.3, -0.25) is 14.9 Å². The third kappa shape index (κ3) is 1.83. The molecule has 6 nitrogen and oxygen atoms in total. The molecule has 0 unspecified atom stereocenters. The van der Waals surface area contributed by atoms with Crippen LogP contribution in [-0.2, 0) is 13.1 Å². The van der Waals surface area contributed by atoms with Gasteiger partial charge < -0.3 is 5.32 Å². The Kier molecular flexibility index (Phi) is 2.90. The largest absolute Gasteiger partial charge is 0.311 e. The molecule has 2 heterocycles. The Bertz CT molecular complexity index is 389. The van der Waals surface area contributed by atoms with Crippen LogP contribution >= 0.6 is 11.6 Å². The number of aryl methyl sites for hydroxylation is 1. The number of nitrogens with one attached hydrogen (secondary N) is 2. The zero-order chi connectivity index (χ0) is 10.8. The van der Waals surface area contributed by atoms with Crippen molar-refractivity contribution in [3.8, 4) is 0 Å². The van der Waals surface area contributed by atoms with Gasteiger partial charge in [-0.15, -0.1) is 0 Å². The van der Waals surface area contributed by atoms with Gasteiger partial charge in [0.15, 0.2) is 5.69 Å². The number of aromatic nitrogens is 2. The molecule has 15 heavy (non-hydrogen) atoms. The second-order valence-corrected chi connectivity index (χ2v) is 3.71. The van der Waals surface area contributed by atoms with Crippen molar-refractivity contribution in [3.05, 3.63) is 16.4 Å². The van der Waals surface area contributed by atoms with Crippen LogP contribution in [-0.4, -0.2) is 22.2 Å². The van der Waals surface area contributed by atoms with Gasteiger partial charge in [-0.05, 0) is 13.0 Å². The Balaban J connectivity index is 2.40. The molecule has 1 aliphatic rings. The van der Waals surface area contributed by atoms with Crippen LogP contribution in [0.1, 0.15) is 22.6 Å². The van der Waals surface area contributed by atoms with Crippen LogP contribution in [0.4, 0.5) is 0 Å². The van der Waals surface area contributed by atoms with Crippen molar-refractivity contribution in [1.29, 1.82) is 0 Å². The van der Waals surface area contributed by atoms with E-state index in [4.69, 9.17) is 17.4 Å². The summed E-state index contributed by atoms with van der Waals surface area (Å²) >= 11 is 6.05. The summed E-state index contributed by atoms with van der Waals surface area (Å²) in [6, 6.07) is 0. The quantitative estimate of drug-likeness (QED) is 0.349. The number of amides is 1. The molecule has 0 aliphatic carbocycles. The van der Waals surface area contributed by atoms with Crippen LogP contribution in [0.15, 0.2) is 0 Å². The maximum Gasteiger partial charge on any atom is 0.287 e. The Hall–Kier alpha value is -1.11. The molecule has 0 fully saturated rings. The topological polar surface area (TPSA) is 85.0 Å². The molecule has 0 radical (unpaired) electrons. The standard InChI is InChI=1S/C8H12ClN5O/c9-6-5-4-11-2-1-3-14(5)13-7(6)8(15)12-10/h11H,1-4,10H2,(H,12,15). The predicted octanol–water partition coefficient (Wildman–Crippen LogP) is -0.367. The minimum Gasteiger partial charge on any atom is -0.311 e. The lowest BCUT2D eigenvalue weighted by Crippen LogP contribution is -2.30. The van der Waals surface area contributed by atoms with Gasteiger partial charge in [-0.2, -0.15) is 5.10 Å². The van der Waals surface area contributed by atoms with Crippen LogP contribution in [0.3, 0.4) is 0 Å². The number of carbonyl (C=O) groups excluding carboxylic acids is 1. The molecule has 1 aromatic rings. The summed E-state index contributed by atoms with van der Waals surface area (Å²) in [6.07, 6.45) is 0.967. The highest BCUT2D eigenvalue weighted by Crippen LogP contribution is 2.22. The molecule has 2 rings (SSSR count). The lowest BCUT2D eigenvalue weighted by atomic mass is 10.3. The maximum atomic E-state index is 11.3. The Morgan fingerprint density at radius 2 is 2.47 bits per heavy atom. The second-order valence-electron chi connectivity index (χ2n) is 3.34. The first-order chi connectivity index (χ1) is 7.24. The van der Waals surface area contributed by atoms with E-state index in [-0.39, 0.29) is 5.69 Å². The van der Waals surface area contributed by atoms with Gasteiger partial charge in [0.25, 0.3) is 5.91 Å². The molecule has 0 bridgehead atoms. The molecule has 1 amide bonds. The average molecular weight is 230 g/mol. The normalized spacial score (nSPS) is 15.6. The fourth-order valence-electron chi connectivity index (χ4n) is 1.60. The van der Waals surface area contributed by atoms with Gasteiger partial charge in [0, 0.05) is 13.1 Å². The summed E-state index contributed by atoms with van der Waals surface area (Å²) in [5.74, 6) is 4.58. The molecule has 0 aromatic carbocycles. The highest BCUT2D eigenvalue weighted by molar-refractivity contribution is 6.34. The first kappa shape index (κ1) is 10.4. The summed E-state index contributed by atoms with van der Waals surface area (Å²) in [4.78, 5) is 11.3. The SMILES string of the molecule is NNC(=O)c1nn2c(c1Cl)CNCCC2. The summed E-state index contributed by atoms with van der Waals surface area (Å²) < 4.78 is 1.76. The van der Waals surface area contributed by atoms with E-state index in [9.17, 15) is 4.79 Å². The number of carbonyl (C=O) groups is 1. The highest BCUT2D eigenvalue weighted by atomic mass is 35.5. The summed E-state index contributed by atoms with van der Waals surface area (Å²) in [6.45, 7) is 2.32. The first-order valence-electron chi connectivity index (χ1n) is 4.71. The van der Waals surface area contributed by atoms with Crippen LogP contribution in [0.5, 0.6) is 0 Å². The summed E-state index contributed by atoms with van der Waals surface area (Å²) in [7, 11) is 0. The minimum atomic E-state index is -0.458. The lowest BCUT2D eigenvalue weighted by molar-refractivity contribution is 0.0948. The van der Waals surface area contributed by atoms with Crippen molar-refractivity contribution in [2.24, 2.45) is 5.84 Å². The van der Waals surface area contributed by atoms with Crippen molar-refractivity contribution >= 4 is 17.5 Å². The number of rotatable bonds is 1. The molecular weight excluding hydrogens is 218 g/mol. The van der Waals surface area contributed by atoms with Gasteiger partial charge in [0.1, 0.15) is 0 Å². The van der Waals surface area contributed by atoms with Crippen molar-refractivity contribution < 1.29 is 4.79 Å². The number of nitrogens with zero attached hydrogens (tertiary/aromatic N) is 2. The molecular formula is C8H12ClN5O. The molecule has 4 N–H and O–H groups in total. The maximum absolute atomic E-state index is 11.3. The van der Waals surface area contributed by atoms with Gasteiger partial charge in [-0.1, -0.05) is 11.6 Å². The zero-order valence-corrected chi connectivity index (χ0v) is 8.84. The van der Waals surface area contributed by atoms with Gasteiger partial charge in [0.05, 0.1) is 10.7 Å². The summed E-state index contributed by atoms with van der Waals surface area (Å²) in [5, 5.41) is 7.72. The third-order valence-corrected chi connectivity index (χ3v) is 2.75. The number of hydrogen-bond acceptors (Lipinski definition) is 4. The Labute approximate surface area is 91.7 Å². The van der Waals surface area contributed by atoms with Crippen LogP contribution in [0.2, 0.25) is 5.02 Å². The predicted molar refractivity (Wildman–Crippen MR) is 55.2 cm³/mol.